The third-order valence-corrected chi connectivity index (χ3v) is 3.17. The maximum atomic E-state index is 10.7. The van der Waals surface area contributed by atoms with Crippen molar-refractivity contribution < 1.29 is 9.90 Å². The minimum atomic E-state index is -0.784. The van der Waals surface area contributed by atoms with Gasteiger partial charge in [0, 0.05) is 26.2 Å². The molecule has 0 unspecified atom stereocenters. The largest absolute Gasteiger partial charge is 0.480 e. The molecule has 0 spiro atoms. The lowest BCUT2D eigenvalue weighted by Gasteiger charge is -2.22. The number of carbonyl (C=O) groups is 1. The number of aromatic nitrogens is 1. The topological polar surface area (TPSA) is 80.5 Å². The third-order valence-electron chi connectivity index (χ3n) is 3.17. The zero-order chi connectivity index (χ0) is 13.7. The minimum Gasteiger partial charge on any atom is -0.480 e. The van der Waals surface area contributed by atoms with Crippen LogP contribution in [0.1, 0.15) is 12.1 Å². The van der Waals surface area contributed by atoms with Crippen LogP contribution in [0.5, 0.6) is 0 Å². The molecule has 0 bridgehead atoms. The first-order valence-electron chi connectivity index (χ1n) is 6.24. The summed E-state index contributed by atoms with van der Waals surface area (Å²) in [6.45, 7) is 3.28. The van der Waals surface area contributed by atoms with E-state index < -0.39 is 5.97 Å². The SMILES string of the molecule is N#Cc1ccc(N2CCCN(CC(=O)O)CC2)cn1. The van der Waals surface area contributed by atoms with Crippen LogP contribution in [0.2, 0.25) is 0 Å². The van der Waals surface area contributed by atoms with Crippen molar-refractivity contribution in [2.75, 3.05) is 37.6 Å². The van der Waals surface area contributed by atoms with Gasteiger partial charge in [-0.05, 0) is 18.6 Å². The predicted molar refractivity (Wildman–Crippen MR) is 69.9 cm³/mol. The summed E-state index contributed by atoms with van der Waals surface area (Å²) in [4.78, 5) is 18.9. The first kappa shape index (κ1) is 13.3. The fourth-order valence-electron chi connectivity index (χ4n) is 2.22. The van der Waals surface area contributed by atoms with Crippen molar-refractivity contribution in [1.82, 2.24) is 9.88 Å². The smallest absolute Gasteiger partial charge is 0.317 e. The monoisotopic (exact) mass is 260 g/mol. The zero-order valence-electron chi connectivity index (χ0n) is 10.6. The van der Waals surface area contributed by atoms with Crippen LogP contribution in [0, 0.1) is 11.3 Å². The van der Waals surface area contributed by atoms with Crippen LogP contribution in [0.15, 0.2) is 18.3 Å². The molecule has 1 aliphatic rings. The standard InChI is InChI=1S/C13H16N4O2/c14-8-11-2-3-12(9-15-11)17-5-1-4-16(6-7-17)10-13(18)19/h2-3,9H,1,4-7,10H2,(H,18,19). The summed E-state index contributed by atoms with van der Waals surface area (Å²) >= 11 is 0. The van der Waals surface area contributed by atoms with Crippen LogP contribution >= 0.6 is 0 Å². The fourth-order valence-corrected chi connectivity index (χ4v) is 2.22. The Morgan fingerprint density at radius 3 is 2.84 bits per heavy atom. The van der Waals surface area contributed by atoms with Crippen molar-refractivity contribution in [3.8, 4) is 6.07 Å². The van der Waals surface area contributed by atoms with E-state index in [4.69, 9.17) is 10.4 Å². The van der Waals surface area contributed by atoms with Gasteiger partial charge in [0.15, 0.2) is 0 Å². The lowest BCUT2D eigenvalue weighted by molar-refractivity contribution is -0.138. The first-order chi connectivity index (χ1) is 9.19. The summed E-state index contributed by atoms with van der Waals surface area (Å²) in [6.07, 6.45) is 2.62. The highest BCUT2D eigenvalue weighted by Gasteiger charge is 2.17. The molecular formula is C13H16N4O2. The van der Waals surface area contributed by atoms with Crippen molar-refractivity contribution >= 4 is 11.7 Å². The van der Waals surface area contributed by atoms with Crippen molar-refractivity contribution in [3.05, 3.63) is 24.0 Å². The molecule has 6 nitrogen and oxygen atoms in total. The van der Waals surface area contributed by atoms with E-state index in [1.165, 1.54) is 0 Å². The Kier molecular flexibility index (Phi) is 4.31. The summed E-state index contributed by atoms with van der Waals surface area (Å²) in [5.74, 6) is -0.784. The second-order valence-corrected chi connectivity index (χ2v) is 4.52. The third kappa shape index (κ3) is 3.66. The Morgan fingerprint density at radius 2 is 2.21 bits per heavy atom. The number of rotatable bonds is 3. The quantitative estimate of drug-likeness (QED) is 0.854. The van der Waals surface area contributed by atoms with E-state index in [0.29, 0.717) is 5.69 Å². The number of carboxylic acids is 1. The molecule has 1 N–H and O–H groups in total. The molecule has 0 atom stereocenters. The number of aliphatic carboxylic acids is 1. The normalized spacial score (nSPS) is 16.7. The highest BCUT2D eigenvalue weighted by atomic mass is 16.4. The number of hydrogen-bond donors (Lipinski definition) is 1. The van der Waals surface area contributed by atoms with E-state index in [9.17, 15) is 4.79 Å². The number of nitriles is 1. The van der Waals surface area contributed by atoms with E-state index in [0.717, 1.165) is 38.3 Å². The highest BCUT2D eigenvalue weighted by molar-refractivity contribution is 5.69. The number of nitrogens with zero attached hydrogens (tertiary/aromatic N) is 4. The summed E-state index contributed by atoms with van der Waals surface area (Å²) in [7, 11) is 0. The second-order valence-electron chi connectivity index (χ2n) is 4.52. The van der Waals surface area contributed by atoms with Crippen LogP contribution in [0.3, 0.4) is 0 Å². The van der Waals surface area contributed by atoms with E-state index in [-0.39, 0.29) is 6.54 Å². The summed E-state index contributed by atoms with van der Waals surface area (Å²) in [6, 6.07) is 5.59. The maximum absolute atomic E-state index is 10.7. The molecule has 6 heteroatoms. The van der Waals surface area contributed by atoms with E-state index >= 15 is 0 Å². The molecule has 19 heavy (non-hydrogen) atoms. The molecule has 0 saturated carbocycles. The van der Waals surface area contributed by atoms with Crippen LogP contribution in [0.25, 0.3) is 0 Å². The number of hydrogen-bond acceptors (Lipinski definition) is 5. The lowest BCUT2D eigenvalue weighted by Crippen LogP contribution is -2.34. The zero-order valence-corrected chi connectivity index (χ0v) is 10.6. The van der Waals surface area contributed by atoms with Gasteiger partial charge in [0.2, 0.25) is 0 Å². The maximum Gasteiger partial charge on any atom is 0.317 e. The van der Waals surface area contributed by atoms with Gasteiger partial charge < -0.3 is 10.0 Å². The first-order valence-corrected chi connectivity index (χ1v) is 6.24. The molecule has 1 aromatic rings. The molecule has 0 aliphatic carbocycles. The van der Waals surface area contributed by atoms with Crippen LogP contribution < -0.4 is 4.90 Å². The lowest BCUT2D eigenvalue weighted by atomic mass is 10.3. The second kappa shape index (κ2) is 6.16. The Hall–Kier alpha value is -2.13. The molecule has 0 aromatic carbocycles. The number of anilines is 1. The Morgan fingerprint density at radius 1 is 1.37 bits per heavy atom. The summed E-state index contributed by atoms with van der Waals surface area (Å²) in [5.41, 5.74) is 1.39. The predicted octanol–water partition coefficient (Wildman–Crippen LogP) is 0.550. The van der Waals surface area contributed by atoms with E-state index in [1.54, 1.807) is 12.3 Å². The molecule has 0 amide bonds. The van der Waals surface area contributed by atoms with Gasteiger partial charge in [-0.2, -0.15) is 5.26 Å². The molecule has 0 radical (unpaired) electrons. The van der Waals surface area contributed by atoms with Gasteiger partial charge >= 0.3 is 5.97 Å². The van der Waals surface area contributed by atoms with Gasteiger partial charge in [-0.1, -0.05) is 0 Å². The summed E-state index contributed by atoms with van der Waals surface area (Å²) in [5, 5.41) is 17.5. The van der Waals surface area contributed by atoms with Gasteiger partial charge in [-0.15, -0.1) is 0 Å². The molecular weight excluding hydrogens is 244 g/mol. The molecule has 1 fully saturated rings. The molecule has 2 heterocycles. The number of pyridine rings is 1. The van der Waals surface area contributed by atoms with Crippen molar-refractivity contribution in [1.29, 1.82) is 5.26 Å². The van der Waals surface area contributed by atoms with E-state index in [2.05, 4.69) is 9.88 Å². The Labute approximate surface area is 111 Å². The van der Waals surface area contributed by atoms with Gasteiger partial charge in [0.1, 0.15) is 11.8 Å². The molecule has 2 rings (SSSR count). The highest BCUT2D eigenvalue weighted by Crippen LogP contribution is 2.15. The van der Waals surface area contributed by atoms with Gasteiger partial charge in [0.05, 0.1) is 18.4 Å². The van der Waals surface area contributed by atoms with Crippen LogP contribution in [0.4, 0.5) is 5.69 Å². The minimum absolute atomic E-state index is 0.0967. The van der Waals surface area contributed by atoms with Gasteiger partial charge in [-0.3, -0.25) is 9.69 Å². The molecule has 1 saturated heterocycles. The molecule has 1 aromatic heterocycles. The van der Waals surface area contributed by atoms with E-state index in [1.807, 2.05) is 17.0 Å². The molecule has 1 aliphatic heterocycles. The van der Waals surface area contributed by atoms with Crippen LogP contribution in [-0.2, 0) is 4.79 Å². The van der Waals surface area contributed by atoms with Crippen LogP contribution in [-0.4, -0.2) is 53.7 Å². The van der Waals surface area contributed by atoms with Gasteiger partial charge in [-0.25, -0.2) is 4.98 Å². The Bertz CT molecular complexity index is 480. The van der Waals surface area contributed by atoms with Crippen molar-refractivity contribution in [2.45, 2.75) is 6.42 Å². The van der Waals surface area contributed by atoms with Crippen molar-refractivity contribution in [3.63, 3.8) is 0 Å². The fraction of sp³-hybridized carbons (Fsp3) is 0.462. The average Bonchev–Trinajstić information content (AvgIpc) is 2.64. The number of carboxylic acid groups (broad SMARTS) is 1. The van der Waals surface area contributed by atoms with Gasteiger partial charge in [0.25, 0.3) is 0 Å². The molecule has 100 valence electrons. The van der Waals surface area contributed by atoms with Crippen molar-refractivity contribution in [2.24, 2.45) is 0 Å². The average molecular weight is 260 g/mol. The Balaban J connectivity index is 1.98. The summed E-state index contributed by atoms with van der Waals surface area (Å²) < 4.78 is 0.